The predicted molar refractivity (Wildman–Crippen MR) is 104 cm³/mol. The summed E-state index contributed by atoms with van der Waals surface area (Å²) in [7, 11) is 2.37. The van der Waals surface area contributed by atoms with E-state index < -0.39 is 11.0 Å². The van der Waals surface area contributed by atoms with Crippen molar-refractivity contribution in [3.05, 3.63) is 51.2 Å². The van der Waals surface area contributed by atoms with Crippen molar-refractivity contribution < 1.29 is 24.2 Å². The molecule has 2 aliphatic rings. The minimum Gasteiger partial charge on any atom is -0.461 e. The van der Waals surface area contributed by atoms with Gasteiger partial charge in [0.15, 0.2) is 0 Å². The molecule has 1 aromatic carbocycles. The van der Waals surface area contributed by atoms with E-state index in [1.165, 1.54) is 12.8 Å². The van der Waals surface area contributed by atoms with Crippen LogP contribution in [0.25, 0.3) is 0 Å². The van der Waals surface area contributed by atoms with Crippen molar-refractivity contribution in [1.29, 1.82) is 0 Å². The fourth-order valence-electron chi connectivity index (χ4n) is 4.82. The topological polar surface area (TPSA) is 113 Å². The van der Waals surface area contributed by atoms with Gasteiger partial charge >= 0.3 is 5.97 Å². The lowest BCUT2D eigenvalue weighted by molar-refractivity contribution is -0.968. The third kappa shape index (κ3) is 4.80. The summed E-state index contributed by atoms with van der Waals surface area (Å²) in [6.45, 7) is 4.39. The molecule has 3 rings (SSSR count). The number of carbonyl (C=O) groups excluding carboxylic acids is 1. The highest BCUT2D eigenvalue weighted by molar-refractivity contribution is 5.78. The summed E-state index contributed by atoms with van der Waals surface area (Å²) in [6.07, 6.45) is 4.36. The van der Waals surface area contributed by atoms with Crippen LogP contribution in [0.5, 0.6) is 0 Å². The van der Waals surface area contributed by atoms with Crippen LogP contribution < -0.4 is 0 Å². The van der Waals surface area contributed by atoms with E-state index in [2.05, 4.69) is 20.9 Å². The Morgan fingerprint density at radius 2 is 1.71 bits per heavy atom. The van der Waals surface area contributed by atoms with Gasteiger partial charge in [0.25, 0.3) is 0 Å². The van der Waals surface area contributed by atoms with E-state index in [0.717, 1.165) is 22.9 Å². The maximum Gasteiger partial charge on any atom is 0.316 e. The number of piperidine rings is 1. The van der Waals surface area contributed by atoms with Gasteiger partial charge in [0.2, 0.25) is 0 Å². The molecular formula is C20H30N2O6. The molecule has 0 radical (unpaired) electrons. The SMILES string of the molecule is CC(C)[N+]1(C)[C@@H]2CC[C@@H]1CC(OC(=O)C(CO)c1ccccc1)C2.O=[N+]([O-])[O-]. The average molecular weight is 394 g/mol. The number of rotatable bonds is 5. The van der Waals surface area contributed by atoms with Gasteiger partial charge in [0, 0.05) is 25.7 Å². The third-order valence-electron chi connectivity index (χ3n) is 6.54. The van der Waals surface area contributed by atoms with Gasteiger partial charge < -0.3 is 29.6 Å². The first-order valence-electron chi connectivity index (χ1n) is 9.73. The second-order valence-corrected chi connectivity index (χ2v) is 8.10. The minimum absolute atomic E-state index is 0.00212. The molecule has 0 spiro atoms. The molecule has 8 heteroatoms. The van der Waals surface area contributed by atoms with Gasteiger partial charge in [-0.15, -0.1) is 0 Å². The summed E-state index contributed by atoms with van der Waals surface area (Å²) >= 11 is 0. The summed E-state index contributed by atoms with van der Waals surface area (Å²) in [5, 5.41) is 24.4. The van der Waals surface area contributed by atoms with E-state index in [9.17, 15) is 9.90 Å². The zero-order valence-electron chi connectivity index (χ0n) is 16.7. The summed E-state index contributed by atoms with van der Waals surface area (Å²) in [5.41, 5.74) is 0.826. The third-order valence-corrected chi connectivity index (χ3v) is 6.54. The number of fused-ring (bicyclic) bond motifs is 2. The second-order valence-electron chi connectivity index (χ2n) is 8.10. The number of quaternary nitrogens is 1. The number of aliphatic hydroxyl groups excluding tert-OH is 1. The van der Waals surface area contributed by atoms with Gasteiger partial charge in [-0.2, -0.15) is 0 Å². The number of esters is 1. The number of ether oxygens (including phenoxy) is 1. The van der Waals surface area contributed by atoms with Gasteiger partial charge in [-0.05, 0) is 19.4 Å². The first kappa shape index (κ1) is 22.1. The number of nitrogens with zero attached hydrogens (tertiary/aromatic N) is 2. The highest BCUT2D eigenvalue weighted by Crippen LogP contribution is 2.44. The first-order valence-corrected chi connectivity index (χ1v) is 9.73. The Hall–Kier alpha value is -2.19. The fraction of sp³-hybridized carbons (Fsp3) is 0.650. The lowest BCUT2D eigenvalue weighted by atomic mass is 9.94. The highest BCUT2D eigenvalue weighted by Gasteiger charge is 2.53. The van der Waals surface area contributed by atoms with Crippen LogP contribution >= 0.6 is 0 Å². The Morgan fingerprint density at radius 3 is 2.14 bits per heavy atom. The number of aliphatic hydroxyl groups is 1. The molecular weight excluding hydrogens is 364 g/mol. The summed E-state index contributed by atoms with van der Waals surface area (Å²) in [5.74, 6) is -0.856. The normalized spacial score (nSPS) is 29.5. The Kier molecular flexibility index (Phi) is 7.37. The van der Waals surface area contributed by atoms with E-state index in [4.69, 9.17) is 20.1 Å². The Labute approximate surface area is 165 Å². The van der Waals surface area contributed by atoms with Crippen molar-refractivity contribution in [3.63, 3.8) is 0 Å². The van der Waals surface area contributed by atoms with Crippen LogP contribution in [0.15, 0.2) is 30.3 Å². The van der Waals surface area contributed by atoms with E-state index in [1.54, 1.807) is 0 Å². The smallest absolute Gasteiger partial charge is 0.316 e. The summed E-state index contributed by atoms with van der Waals surface area (Å²) < 4.78 is 6.96. The number of hydrogen-bond acceptors (Lipinski definition) is 6. The molecule has 2 heterocycles. The van der Waals surface area contributed by atoms with Gasteiger partial charge in [0.05, 0.1) is 36.9 Å². The lowest BCUT2D eigenvalue weighted by Gasteiger charge is -2.49. The molecule has 3 atom stereocenters. The maximum atomic E-state index is 12.6. The molecule has 0 aliphatic carbocycles. The average Bonchev–Trinajstić information content (AvgIpc) is 2.80. The molecule has 2 bridgehead atoms. The molecule has 2 aliphatic heterocycles. The number of hydrogen-bond donors (Lipinski definition) is 1. The summed E-state index contributed by atoms with van der Waals surface area (Å²) in [4.78, 5) is 20.8. The van der Waals surface area contributed by atoms with Crippen LogP contribution in [0.3, 0.4) is 0 Å². The van der Waals surface area contributed by atoms with Crippen LogP contribution in [0, 0.1) is 15.3 Å². The molecule has 1 aromatic rings. The molecule has 28 heavy (non-hydrogen) atoms. The maximum absolute atomic E-state index is 12.6. The molecule has 0 saturated carbocycles. The highest BCUT2D eigenvalue weighted by atomic mass is 16.9. The van der Waals surface area contributed by atoms with Gasteiger partial charge in [0.1, 0.15) is 12.0 Å². The summed E-state index contributed by atoms with van der Waals surface area (Å²) in [6, 6.07) is 11.2. The number of carbonyl (C=O) groups is 1. The van der Waals surface area contributed by atoms with Crippen molar-refractivity contribution >= 4 is 5.97 Å². The van der Waals surface area contributed by atoms with Crippen molar-refractivity contribution in [2.75, 3.05) is 13.7 Å². The Morgan fingerprint density at radius 1 is 1.21 bits per heavy atom. The van der Waals surface area contributed by atoms with Crippen molar-refractivity contribution in [2.45, 2.75) is 69.7 Å². The van der Waals surface area contributed by atoms with Crippen molar-refractivity contribution in [2.24, 2.45) is 0 Å². The predicted octanol–water partition coefficient (Wildman–Crippen LogP) is 2.62. The standard InChI is InChI=1S/C20H30NO3.NO3/c1-14(2)21(3)16-9-10-17(21)12-18(11-16)24-20(23)19(13-22)15-7-5-4-6-8-15;2-1(3)4/h4-8,14,16-19,22H,9-13H2,1-3H3;/q+1;-1/t16-,17-,18?,19?,21?;/m1./s1. The van der Waals surface area contributed by atoms with Crippen LogP contribution in [-0.2, 0) is 9.53 Å². The molecule has 0 amide bonds. The first-order chi connectivity index (χ1) is 13.2. The molecule has 2 saturated heterocycles. The molecule has 1 unspecified atom stereocenters. The monoisotopic (exact) mass is 394 g/mol. The van der Waals surface area contributed by atoms with Crippen molar-refractivity contribution in [3.8, 4) is 0 Å². The Bertz CT molecular complexity index is 648. The van der Waals surface area contributed by atoms with Gasteiger partial charge in [-0.25, -0.2) is 0 Å². The van der Waals surface area contributed by atoms with E-state index in [-0.39, 0.29) is 18.7 Å². The van der Waals surface area contributed by atoms with E-state index in [1.807, 2.05) is 30.3 Å². The molecule has 1 N–H and O–H groups in total. The molecule has 8 nitrogen and oxygen atoms in total. The van der Waals surface area contributed by atoms with E-state index in [0.29, 0.717) is 18.1 Å². The zero-order chi connectivity index (χ0) is 20.9. The van der Waals surface area contributed by atoms with Gasteiger partial charge in [-0.1, -0.05) is 30.3 Å². The number of benzene rings is 1. The second kappa shape index (κ2) is 9.34. The van der Waals surface area contributed by atoms with Gasteiger partial charge in [-0.3, -0.25) is 4.79 Å². The van der Waals surface area contributed by atoms with Crippen molar-refractivity contribution in [1.82, 2.24) is 0 Å². The largest absolute Gasteiger partial charge is 0.461 e. The quantitative estimate of drug-likeness (QED) is 0.355. The minimum atomic E-state index is -1.75. The molecule has 0 aromatic heterocycles. The zero-order valence-corrected chi connectivity index (χ0v) is 16.7. The molecule has 156 valence electrons. The van der Waals surface area contributed by atoms with Crippen LogP contribution in [0.4, 0.5) is 0 Å². The fourth-order valence-corrected chi connectivity index (χ4v) is 4.82. The lowest BCUT2D eigenvalue weighted by Crippen LogP contribution is -2.62. The Balaban J connectivity index is 0.000000640. The van der Waals surface area contributed by atoms with E-state index >= 15 is 0 Å². The van der Waals surface area contributed by atoms with Crippen LogP contribution in [-0.4, -0.2) is 58.5 Å². The van der Waals surface area contributed by atoms with Crippen LogP contribution in [0.2, 0.25) is 0 Å². The molecule has 2 fully saturated rings. The van der Waals surface area contributed by atoms with Crippen LogP contribution in [0.1, 0.15) is 51.0 Å².